The van der Waals surface area contributed by atoms with Gasteiger partial charge in [-0.3, -0.25) is 14.9 Å². The molecule has 7 heteroatoms. The molecule has 0 aliphatic heterocycles. The van der Waals surface area contributed by atoms with E-state index < -0.39 is 0 Å². The van der Waals surface area contributed by atoms with Gasteiger partial charge in [0.25, 0.3) is 0 Å². The van der Waals surface area contributed by atoms with Gasteiger partial charge in [0, 0.05) is 19.9 Å². The maximum atomic E-state index is 11.7. The van der Waals surface area contributed by atoms with E-state index in [1.165, 1.54) is 6.92 Å². The quantitative estimate of drug-likeness (QED) is 0.754. The molecule has 0 saturated carbocycles. The molecule has 0 atom stereocenters. The number of methoxy groups -OCH3 is 1. The fourth-order valence-corrected chi connectivity index (χ4v) is 1.85. The molecular weight excluding hydrogens is 284 g/mol. The average molecular weight is 302 g/mol. The van der Waals surface area contributed by atoms with Crippen LogP contribution in [0, 0.1) is 0 Å². The van der Waals surface area contributed by atoms with Crippen molar-refractivity contribution in [1.29, 1.82) is 0 Å². The number of hydrogen-bond acceptors (Lipinski definition) is 4. The van der Waals surface area contributed by atoms with Crippen LogP contribution in [0.5, 0.6) is 5.75 Å². The molecule has 0 saturated heterocycles. The van der Waals surface area contributed by atoms with Gasteiger partial charge in [-0.25, -0.2) is 4.98 Å². The van der Waals surface area contributed by atoms with Crippen molar-refractivity contribution in [3.05, 3.63) is 30.5 Å². The number of aromatic nitrogens is 2. The molecule has 116 valence electrons. The third kappa shape index (κ3) is 4.34. The molecule has 22 heavy (non-hydrogen) atoms. The first-order valence-electron chi connectivity index (χ1n) is 6.82. The van der Waals surface area contributed by atoms with Crippen LogP contribution in [0.25, 0.3) is 11.3 Å². The lowest BCUT2D eigenvalue weighted by Gasteiger charge is -2.03. The second-order valence-corrected chi connectivity index (χ2v) is 4.66. The number of H-pyrrole nitrogens is 1. The summed E-state index contributed by atoms with van der Waals surface area (Å²) in [7, 11) is 1.61. The van der Waals surface area contributed by atoms with E-state index >= 15 is 0 Å². The third-order valence-corrected chi connectivity index (χ3v) is 2.96. The van der Waals surface area contributed by atoms with Crippen molar-refractivity contribution in [2.45, 2.75) is 13.3 Å². The van der Waals surface area contributed by atoms with Gasteiger partial charge in [-0.15, -0.1) is 0 Å². The first kappa shape index (κ1) is 15.6. The number of imidazole rings is 1. The number of ether oxygens (including phenoxy) is 1. The molecule has 0 unspecified atom stereocenters. The van der Waals surface area contributed by atoms with Crippen LogP contribution >= 0.6 is 0 Å². The Morgan fingerprint density at radius 3 is 2.64 bits per heavy atom. The molecule has 0 spiro atoms. The molecule has 0 aliphatic rings. The zero-order valence-electron chi connectivity index (χ0n) is 12.5. The number of rotatable bonds is 6. The zero-order valence-corrected chi connectivity index (χ0v) is 12.5. The Hall–Kier alpha value is -2.83. The summed E-state index contributed by atoms with van der Waals surface area (Å²) < 4.78 is 5.10. The summed E-state index contributed by atoms with van der Waals surface area (Å²) in [5, 5.41) is 5.21. The van der Waals surface area contributed by atoms with E-state index in [1.54, 1.807) is 13.3 Å². The van der Waals surface area contributed by atoms with Gasteiger partial charge in [0.2, 0.25) is 17.8 Å². The number of hydrogen-bond donors (Lipinski definition) is 3. The fourth-order valence-electron chi connectivity index (χ4n) is 1.85. The predicted octanol–water partition coefficient (Wildman–Crippen LogP) is 1.55. The van der Waals surface area contributed by atoms with Gasteiger partial charge >= 0.3 is 0 Å². The van der Waals surface area contributed by atoms with Gasteiger partial charge in [0.15, 0.2) is 0 Å². The number of benzene rings is 1. The van der Waals surface area contributed by atoms with Gasteiger partial charge in [-0.05, 0) is 29.8 Å². The van der Waals surface area contributed by atoms with Crippen molar-refractivity contribution < 1.29 is 14.3 Å². The summed E-state index contributed by atoms with van der Waals surface area (Å²) in [5.41, 5.74) is 1.73. The highest BCUT2D eigenvalue weighted by atomic mass is 16.5. The number of carbonyl (C=O) groups excluding carboxylic acids is 2. The van der Waals surface area contributed by atoms with Crippen LogP contribution in [-0.2, 0) is 9.59 Å². The minimum Gasteiger partial charge on any atom is -0.497 e. The Labute approximate surface area is 128 Å². The maximum Gasteiger partial charge on any atom is 0.228 e. The van der Waals surface area contributed by atoms with E-state index in [0.29, 0.717) is 12.5 Å². The Bertz CT molecular complexity index is 649. The summed E-state index contributed by atoms with van der Waals surface area (Å²) in [5.74, 6) is 0.769. The van der Waals surface area contributed by atoms with Gasteiger partial charge in [0.05, 0.1) is 19.0 Å². The van der Waals surface area contributed by atoms with Crippen molar-refractivity contribution in [2.75, 3.05) is 19.0 Å². The normalized spacial score (nSPS) is 10.1. The molecule has 1 aromatic carbocycles. The van der Waals surface area contributed by atoms with Crippen molar-refractivity contribution in [3.63, 3.8) is 0 Å². The van der Waals surface area contributed by atoms with Crippen molar-refractivity contribution >= 4 is 17.8 Å². The molecular formula is C15H18N4O3. The second kappa shape index (κ2) is 7.26. The van der Waals surface area contributed by atoms with Crippen LogP contribution in [0.3, 0.4) is 0 Å². The third-order valence-electron chi connectivity index (χ3n) is 2.96. The highest BCUT2D eigenvalue weighted by Gasteiger charge is 2.07. The van der Waals surface area contributed by atoms with Crippen molar-refractivity contribution in [3.8, 4) is 17.0 Å². The Balaban J connectivity index is 1.93. The topological polar surface area (TPSA) is 96.1 Å². The lowest BCUT2D eigenvalue weighted by Crippen LogP contribution is -2.25. The molecule has 2 aromatic rings. The zero-order chi connectivity index (χ0) is 15.9. The molecule has 1 aromatic heterocycles. The van der Waals surface area contributed by atoms with E-state index in [0.717, 1.165) is 17.0 Å². The highest BCUT2D eigenvalue weighted by molar-refractivity contribution is 5.89. The molecule has 2 amide bonds. The van der Waals surface area contributed by atoms with Gasteiger partial charge in [-0.2, -0.15) is 0 Å². The lowest BCUT2D eigenvalue weighted by atomic mass is 10.2. The SMILES string of the molecule is COc1ccc(-c2cnc(NC(=O)CCNC(C)=O)[nH]2)cc1. The molecule has 3 N–H and O–H groups in total. The van der Waals surface area contributed by atoms with Crippen molar-refractivity contribution in [2.24, 2.45) is 0 Å². The fraction of sp³-hybridized carbons (Fsp3) is 0.267. The average Bonchev–Trinajstić information content (AvgIpc) is 2.95. The number of nitrogens with zero attached hydrogens (tertiary/aromatic N) is 1. The van der Waals surface area contributed by atoms with E-state index in [-0.39, 0.29) is 18.2 Å². The molecule has 0 aliphatic carbocycles. The monoisotopic (exact) mass is 302 g/mol. The first-order chi connectivity index (χ1) is 10.6. The van der Waals surface area contributed by atoms with E-state index in [1.807, 2.05) is 24.3 Å². The standard InChI is InChI=1S/C15H18N4O3/c1-10(20)16-8-7-14(21)19-15-17-9-13(18-15)11-3-5-12(22-2)6-4-11/h3-6,9H,7-8H2,1-2H3,(H,16,20)(H2,17,18,19,21). The van der Waals surface area contributed by atoms with Gasteiger partial charge in [-0.1, -0.05) is 0 Å². The molecule has 1 heterocycles. The summed E-state index contributed by atoms with van der Waals surface area (Å²) >= 11 is 0. The molecule has 2 rings (SSSR count). The summed E-state index contributed by atoms with van der Waals surface area (Å²) in [6.07, 6.45) is 1.84. The summed E-state index contributed by atoms with van der Waals surface area (Å²) in [6, 6.07) is 7.49. The highest BCUT2D eigenvalue weighted by Crippen LogP contribution is 2.21. The smallest absolute Gasteiger partial charge is 0.228 e. The molecule has 0 fully saturated rings. The van der Waals surface area contributed by atoms with E-state index in [2.05, 4.69) is 20.6 Å². The number of nitrogens with one attached hydrogen (secondary N) is 3. The lowest BCUT2D eigenvalue weighted by molar-refractivity contribution is -0.119. The van der Waals surface area contributed by atoms with Crippen LogP contribution in [0.15, 0.2) is 30.5 Å². The van der Waals surface area contributed by atoms with Gasteiger partial charge < -0.3 is 15.0 Å². The van der Waals surface area contributed by atoms with Crippen LogP contribution in [0.4, 0.5) is 5.95 Å². The maximum absolute atomic E-state index is 11.7. The largest absolute Gasteiger partial charge is 0.497 e. The number of amides is 2. The van der Waals surface area contributed by atoms with Gasteiger partial charge in [0.1, 0.15) is 5.75 Å². The molecule has 7 nitrogen and oxygen atoms in total. The molecule has 0 radical (unpaired) electrons. The number of aromatic amines is 1. The van der Waals surface area contributed by atoms with E-state index in [9.17, 15) is 9.59 Å². The first-order valence-corrected chi connectivity index (χ1v) is 6.82. The second-order valence-electron chi connectivity index (χ2n) is 4.66. The minimum absolute atomic E-state index is 0.160. The minimum atomic E-state index is -0.218. The Morgan fingerprint density at radius 2 is 2.00 bits per heavy atom. The van der Waals surface area contributed by atoms with Crippen LogP contribution in [-0.4, -0.2) is 35.4 Å². The van der Waals surface area contributed by atoms with Crippen LogP contribution < -0.4 is 15.4 Å². The Morgan fingerprint density at radius 1 is 1.27 bits per heavy atom. The Kier molecular flexibility index (Phi) is 5.13. The number of carbonyl (C=O) groups is 2. The summed E-state index contributed by atoms with van der Waals surface area (Å²) in [6.45, 7) is 1.71. The van der Waals surface area contributed by atoms with E-state index in [4.69, 9.17) is 4.74 Å². The van der Waals surface area contributed by atoms with Crippen LogP contribution in [0.2, 0.25) is 0 Å². The summed E-state index contributed by atoms with van der Waals surface area (Å²) in [4.78, 5) is 29.5. The van der Waals surface area contributed by atoms with Crippen molar-refractivity contribution in [1.82, 2.24) is 15.3 Å². The number of anilines is 1. The molecule has 0 bridgehead atoms. The predicted molar refractivity (Wildman–Crippen MR) is 82.5 cm³/mol. The van der Waals surface area contributed by atoms with Crippen LogP contribution in [0.1, 0.15) is 13.3 Å².